The average molecular weight is 253 g/mol. The summed E-state index contributed by atoms with van der Waals surface area (Å²) >= 11 is 3.39. The van der Waals surface area contributed by atoms with Crippen LogP contribution < -0.4 is 5.73 Å². The van der Waals surface area contributed by atoms with Gasteiger partial charge in [0.2, 0.25) is 0 Å². The number of anilines is 1. The first-order valence-corrected chi connectivity index (χ1v) is 4.90. The summed E-state index contributed by atoms with van der Waals surface area (Å²) in [6, 6.07) is 3.82. The number of nitrogens with two attached hydrogens (primary N) is 1. The van der Waals surface area contributed by atoms with Gasteiger partial charge in [-0.2, -0.15) is 5.10 Å². The number of nitrogen functional groups attached to an aromatic ring is 1. The molecule has 0 spiro atoms. The van der Waals surface area contributed by atoms with E-state index in [1.54, 1.807) is 17.1 Å². The van der Waals surface area contributed by atoms with Crippen LogP contribution in [0.25, 0.3) is 5.82 Å². The van der Waals surface area contributed by atoms with Crippen molar-refractivity contribution in [3.05, 3.63) is 34.7 Å². The van der Waals surface area contributed by atoms with Crippen LogP contribution in [0.2, 0.25) is 0 Å². The molecule has 2 rings (SSSR count). The Hall–Kier alpha value is -1.36. The highest BCUT2D eigenvalue weighted by atomic mass is 79.9. The topological polar surface area (TPSA) is 56.7 Å². The molecule has 0 bridgehead atoms. The van der Waals surface area contributed by atoms with E-state index in [0.717, 1.165) is 16.0 Å². The van der Waals surface area contributed by atoms with Crippen molar-refractivity contribution in [1.29, 1.82) is 0 Å². The van der Waals surface area contributed by atoms with Crippen LogP contribution in [0.1, 0.15) is 5.69 Å². The van der Waals surface area contributed by atoms with Gasteiger partial charge in [-0.15, -0.1) is 0 Å². The van der Waals surface area contributed by atoms with Crippen molar-refractivity contribution >= 4 is 21.6 Å². The van der Waals surface area contributed by atoms with Crippen LogP contribution in [-0.2, 0) is 0 Å². The van der Waals surface area contributed by atoms with Crippen LogP contribution in [0.15, 0.2) is 29.0 Å². The maximum atomic E-state index is 5.56. The summed E-state index contributed by atoms with van der Waals surface area (Å²) in [5.74, 6) is 0.766. The lowest BCUT2D eigenvalue weighted by atomic mass is 10.4. The van der Waals surface area contributed by atoms with Gasteiger partial charge in [-0.1, -0.05) is 0 Å². The number of hydrogen-bond acceptors (Lipinski definition) is 3. The van der Waals surface area contributed by atoms with Gasteiger partial charge in [0.25, 0.3) is 0 Å². The predicted molar refractivity (Wildman–Crippen MR) is 58.2 cm³/mol. The van der Waals surface area contributed by atoms with E-state index in [-0.39, 0.29) is 0 Å². The third-order valence-electron chi connectivity index (χ3n) is 1.84. The number of rotatable bonds is 1. The molecule has 2 heterocycles. The molecule has 0 saturated heterocycles. The predicted octanol–water partition coefficient (Wildman–Crippen LogP) is 1.92. The number of halogens is 1. The van der Waals surface area contributed by atoms with Crippen molar-refractivity contribution in [2.24, 2.45) is 0 Å². The maximum Gasteiger partial charge on any atom is 0.153 e. The molecule has 14 heavy (non-hydrogen) atoms. The van der Waals surface area contributed by atoms with Crippen LogP contribution in [0, 0.1) is 6.92 Å². The zero-order valence-corrected chi connectivity index (χ0v) is 9.19. The summed E-state index contributed by atoms with van der Waals surface area (Å²) in [6.45, 7) is 1.93. The Balaban J connectivity index is 2.47. The normalized spacial score (nSPS) is 10.4. The largest absolute Gasteiger partial charge is 0.396 e. The molecule has 0 aliphatic heterocycles. The molecule has 0 amide bonds. The van der Waals surface area contributed by atoms with Gasteiger partial charge < -0.3 is 5.73 Å². The first-order chi connectivity index (χ1) is 6.66. The standard InChI is InChI=1S/C9H9BrN4/c1-6-8(10)2-3-9(13-6)14-5-7(11)4-12-14/h2-5H,11H2,1H3. The fraction of sp³-hybridized carbons (Fsp3) is 0.111. The number of hydrogen-bond donors (Lipinski definition) is 1. The van der Waals surface area contributed by atoms with Gasteiger partial charge in [0.15, 0.2) is 5.82 Å². The summed E-state index contributed by atoms with van der Waals surface area (Å²) in [6.07, 6.45) is 3.33. The SMILES string of the molecule is Cc1nc(-n2cc(N)cn2)ccc1Br. The van der Waals surface area contributed by atoms with Gasteiger partial charge in [0.1, 0.15) is 0 Å². The van der Waals surface area contributed by atoms with Crippen molar-refractivity contribution in [2.75, 3.05) is 5.73 Å². The van der Waals surface area contributed by atoms with Gasteiger partial charge in [-0.3, -0.25) is 0 Å². The number of aryl methyl sites for hydroxylation is 1. The van der Waals surface area contributed by atoms with E-state index in [0.29, 0.717) is 5.69 Å². The quantitative estimate of drug-likeness (QED) is 0.844. The highest BCUT2D eigenvalue weighted by Crippen LogP contribution is 2.15. The monoisotopic (exact) mass is 252 g/mol. The Bertz CT molecular complexity index is 464. The second kappa shape index (κ2) is 3.42. The van der Waals surface area contributed by atoms with Crippen LogP contribution >= 0.6 is 15.9 Å². The van der Waals surface area contributed by atoms with Crippen LogP contribution in [-0.4, -0.2) is 14.8 Å². The Morgan fingerprint density at radius 2 is 2.21 bits per heavy atom. The fourth-order valence-corrected chi connectivity index (χ4v) is 1.34. The minimum Gasteiger partial charge on any atom is -0.396 e. The summed E-state index contributed by atoms with van der Waals surface area (Å²) < 4.78 is 2.63. The molecule has 0 aromatic carbocycles. The Morgan fingerprint density at radius 3 is 2.79 bits per heavy atom. The van der Waals surface area contributed by atoms with E-state index < -0.39 is 0 Å². The van der Waals surface area contributed by atoms with Gasteiger partial charge in [0.05, 0.1) is 23.8 Å². The van der Waals surface area contributed by atoms with E-state index in [1.807, 2.05) is 19.1 Å². The molecule has 0 aliphatic rings. The molecule has 2 aromatic rings. The van der Waals surface area contributed by atoms with E-state index in [9.17, 15) is 0 Å². The lowest BCUT2D eigenvalue weighted by Crippen LogP contribution is -1.99. The van der Waals surface area contributed by atoms with Gasteiger partial charge >= 0.3 is 0 Å². The second-order valence-corrected chi connectivity index (χ2v) is 3.81. The smallest absolute Gasteiger partial charge is 0.153 e. The Kier molecular flexibility index (Phi) is 2.25. The molecular weight excluding hydrogens is 244 g/mol. The molecular formula is C9H9BrN4. The van der Waals surface area contributed by atoms with E-state index in [1.165, 1.54) is 0 Å². The second-order valence-electron chi connectivity index (χ2n) is 2.95. The highest BCUT2D eigenvalue weighted by molar-refractivity contribution is 9.10. The van der Waals surface area contributed by atoms with Gasteiger partial charge in [-0.05, 0) is 35.0 Å². The molecule has 4 nitrogen and oxygen atoms in total. The molecule has 0 unspecified atom stereocenters. The first-order valence-electron chi connectivity index (χ1n) is 4.10. The number of pyridine rings is 1. The molecule has 2 aromatic heterocycles. The number of aromatic nitrogens is 3. The van der Waals surface area contributed by atoms with Crippen LogP contribution in [0.3, 0.4) is 0 Å². The van der Waals surface area contributed by atoms with Crippen molar-refractivity contribution in [3.63, 3.8) is 0 Å². The van der Waals surface area contributed by atoms with Gasteiger partial charge in [-0.25, -0.2) is 9.67 Å². The molecule has 0 atom stereocenters. The summed E-state index contributed by atoms with van der Waals surface area (Å²) in [5, 5.41) is 4.07. The molecule has 72 valence electrons. The lowest BCUT2D eigenvalue weighted by Gasteiger charge is -2.02. The number of nitrogens with zero attached hydrogens (tertiary/aromatic N) is 3. The van der Waals surface area contributed by atoms with Crippen molar-refractivity contribution in [3.8, 4) is 5.82 Å². The minimum absolute atomic E-state index is 0.632. The molecule has 0 radical (unpaired) electrons. The lowest BCUT2D eigenvalue weighted by molar-refractivity contribution is 0.839. The molecule has 5 heteroatoms. The van der Waals surface area contributed by atoms with Crippen molar-refractivity contribution in [1.82, 2.24) is 14.8 Å². The van der Waals surface area contributed by atoms with Gasteiger partial charge in [0, 0.05) is 4.47 Å². The fourth-order valence-electron chi connectivity index (χ4n) is 1.12. The van der Waals surface area contributed by atoms with E-state index in [4.69, 9.17) is 5.73 Å². The van der Waals surface area contributed by atoms with Crippen LogP contribution in [0.4, 0.5) is 5.69 Å². The molecule has 0 saturated carbocycles. The highest BCUT2D eigenvalue weighted by Gasteiger charge is 2.02. The molecule has 2 N–H and O–H groups in total. The zero-order chi connectivity index (χ0) is 10.1. The third-order valence-corrected chi connectivity index (χ3v) is 2.68. The third kappa shape index (κ3) is 1.63. The Morgan fingerprint density at radius 1 is 1.43 bits per heavy atom. The van der Waals surface area contributed by atoms with Crippen molar-refractivity contribution in [2.45, 2.75) is 6.92 Å². The van der Waals surface area contributed by atoms with E-state index >= 15 is 0 Å². The molecule has 0 fully saturated rings. The maximum absolute atomic E-state index is 5.56. The Labute approximate surface area is 89.9 Å². The van der Waals surface area contributed by atoms with E-state index in [2.05, 4.69) is 26.0 Å². The average Bonchev–Trinajstić information content (AvgIpc) is 2.57. The summed E-state index contributed by atoms with van der Waals surface area (Å²) in [4.78, 5) is 4.35. The molecule has 0 aliphatic carbocycles. The van der Waals surface area contributed by atoms with Crippen LogP contribution in [0.5, 0.6) is 0 Å². The first kappa shape index (κ1) is 9.21. The zero-order valence-electron chi connectivity index (χ0n) is 7.61. The minimum atomic E-state index is 0.632. The van der Waals surface area contributed by atoms with Crippen molar-refractivity contribution < 1.29 is 0 Å². The summed E-state index contributed by atoms with van der Waals surface area (Å²) in [5.41, 5.74) is 7.12. The summed E-state index contributed by atoms with van der Waals surface area (Å²) in [7, 11) is 0.